The fourth-order valence-electron chi connectivity index (χ4n) is 6.63. The standard InChI is InChI=1S/C25H28N2O4/c1-31-22-7-6-20(27-24(30)26-19-4-2-18(3-5-19)23(28)29)11-21(22)25-12-15-8-16(13-25)10-17(9-15)14-25/h2-7,11,15-17H,8-10,12-14H2,1H3,(H,28,29)(H2,26,27,30). The molecule has 2 aromatic rings. The number of aromatic carboxylic acids is 1. The van der Waals surface area contributed by atoms with E-state index in [1.807, 2.05) is 12.1 Å². The van der Waals surface area contributed by atoms with Crippen molar-refractivity contribution in [1.82, 2.24) is 0 Å². The molecule has 6 heteroatoms. The fourth-order valence-corrected chi connectivity index (χ4v) is 6.63. The maximum Gasteiger partial charge on any atom is 0.335 e. The molecular formula is C25H28N2O4. The summed E-state index contributed by atoms with van der Waals surface area (Å²) in [5.41, 5.74) is 2.86. The number of ether oxygens (including phenoxy) is 1. The van der Waals surface area contributed by atoms with Crippen molar-refractivity contribution in [3.05, 3.63) is 53.6 Å². The minimum Gasteiger partial charge on any atom is -0.496 e. The molecule has 4 aliphatic carbocycles. The fraction of sp³-hybridized carbons (Fsp3) is 0.440. The molecule has 0 unspecified atom stereocenters. The predicted molar refractivity (Wildman–Crippen MR) is 119 cm³/mol. The van der Waals surface area contributed by atoms with Crippen molar-refractivity contribution in [3.8, 4) is 5.75 Å². The normalized spacial score (nSPS) is 28.2. The number of amides is 2. The van der Waals surface area contributed by atoms with E-state index in [9.17, 15) is 9.59 Å². The highest BCUT2D eigenvalue weighted by atomic mass is 16.5. The topological polar surface area (TPSA) is 87.7 Å². The van der Waals surface area contributed by atoms with Crippen LogP contribution in [0.15, 0.2) is 42.5 Å². The Hall–Kier alpha value is -3.02. The maximum absolute atomic E-state index is 12.5. The van der Waals surface area contributed by atoms with Gasteiger partial charge < -0.3 is 20.5 Å². The summed E-state index contributed by atoms with van der Waals surface area (Å²) < 4.78 is 5.74. The Balaban J connectivity index is 1.35. The van der Waals surface area contributed by atoms with Gasteiger partial charge in [-0.25, -0.2) is 9.59 Å². The van der Waals surface area contributed by atoms with Crippen LogP contribution in [0.1, 0.15) is 54.4 Å². The van der Waals surface area contributed by atoms with E-state index in [-0.39, 0.29) is 17.0 Å². The molecular weight excluding hydrogens is 392 g/mol. The van der Waals surface area contributed by atoms with Crippen LogP contribution in [0, 0.1) is 17.8 Å². The van der Waals surface area contributed by atoms with Crippen molar-refractivity contribution >= 4 is 23.4 Å². The predicted octanol–water partition coefficient (Wildman–Crippen LogP) is 5.51. The third-order valence-electron chi connectivity index (χ3n) is 7.46. The van der Waals surface area contributed by atoms with E-state index in [0.717, 1.165) is 29.2 Å². The molecule has 31 heavy (non-hydrogen) atoms. The van der Waals surface area contributed by atoms with Crippen LogP contribution in [0.3, 0.4) is 0 Å². The van der Waals surface area contributed by atoms with Crippen molar-refractivity contribution in [1.29, 1.82) is 0 Å². The smallest absolute Gasteiger partial charge is 0.335 e. The number of anilines is 2. The first-order valence-corrected chi connectivity index (χ1v) is 11.0. The highest BCUT2D eigenvalue weighted by Crippen LogP contribution is 2.62. The van der Waals surface area contributed by atoms with Gasteiger partial charge in [-0.3, -0.25) is 0 Å². The van der Waals surface area contributed by atoms with Gasteiger partial charge in [-0.2, -0.15) is 0 Å². The Bertz CT molecular complexity index is 979. The summed E-state index contributed by atoms with van der Waals surface area (Å²) in [6, 6.07) is 11.7. The second-order valence-corrected chi connectivity index (χ2v) is 9.57. The molecule has 2 aromatic carbocycles. The quantitative estimate of drug-likeness (QED) is 0.596. The number of urea groups is 1. The number of carbonyl (C=O) groups excluding carboxylic acids is 1. The van der Waals surface area contributed by atoms with E-state index in [0.29, 0.717) is 5.69 Å². The van der Waals surface area contributed by atoms with Crippen LogP contribution in [0.2, 0.25) is 0 Å². The van der Waals surface area contributed by atoms with E-state index in [4.69, 9.17) is 9.84 Å². The lowest BCUT2D eigenvalue weighted by Gasteiger charge is -2.57. The third-order valence-corrected chi connectivity index (χ3v) is 7.46. The number of carboxylic acid groups (broad SMARTS) is 1. The molecule has 0 aliphatic heterocycles. The number of methoxy groups -OCH3 is 1. The Kier molecular flexibility index (Phi) is 4.88. The van der Waals surface area contributed by atoms with Gasteiger partial charge in [0.15, 0.2) is 0 Å². The van der Waals surface area contributed by atoms with Crippen molar-refractivity contribution < 1.29 is 19.4 Å². The molecule has 0 heterocycles. The van der Waals surface area contributed by atoms with Crippen molar-refractivity contribution in [2.24, 2.45) is 17.8 Å². The zero-order valence-electron chi connectivity index (χ0n) is 17.7. The van der Waals surface area contributed by atoms with E-state index >= 15 is 0 Å². The van der Waals surface area contributed by atoms with Crippen LogP contribution >= 0.6 is 0 Å². The van der Waals surface area contributed by atoms with Crippen molar-refractivity contribution in [2.75, 3.05) is 17.7 Å². The lowest BCUT2D eigenvalue weighted by molar-refractivity contribution is -0.00613. The maximum atomic E-state index is 12.5. The summed E-state index contributed by atoms with van der Waals surface area (Å²) in [6.45, 7) is 0. The lowest BCUT2D eigenvalue weighted by atomic mass is 9.48. The van der Waals surface area contributed by atoms with E-state index in [1.54, 1.807) is 19.2 Å². The Morgan fingerprint density at radius 1 is 0.903 bits per heavy atom. The van der Waals surface area contributed by atoms with E-state index in [1.165, 1.54) is 56.2 Å². The minimum absolute atomic E-state index is 0.168. The van der Waals surface area contributed by atoms with Crippen LogP contribution in [-0.4, -0.2) is 24.2 Å². The number of benzene rings is 2. The van der Waals surface area contributed by atoms with Crippen LogP contribution in [-0.2, 0) is 5.41 Å². The van der Waals surface area contributed by atoms with Crippen LogP contribution < -0.4 is 15.4 Å². The average Bonchev–Trinajstić information content (AvgIpc) is 2.73. The molecule has 3 N–H and O–H groups in total. The summed E-state index contributed by atoms with van der Waals surface area (Å²) in [5.74, 6) is 2.39. The van der Waals surface area contributed by atoms with Gasteiger partial charge in [0.2, 0.25) is 0 Å². The second-order valence-electron chi connectivity index (χ2n) is 9.57. The molecule has 0 saturated heterocycles. The molecule has 4 fully saturated rings. The molecule has 0 atom stereocenters. The summed E-state index contributed by atoms with van der Waals surface area (Å²) in [5, 5.41) is 14.7. The number of nitrogens with one attached hydrogen (secondary N) is 2. The first kappa shape index (κ1) is 19.9. The van der Waals surface area contributed by atoms with Gasteiger partial charge in [0.05, 0.1) is 12.7 Å². The van der Waals surface area contributed by atoms with Crippen molar-refractivity contribution in [3.63, 3.8) is 0 Å². The molecule has 162 valence electrons. The molecule has 0 radical (unpaired) electrons. The first-order valence-electron chi connectivity index (χ1n) is 11.0. The number of carbonyl (C=O) groups is 2. The Labute approximate surface area is 182 Å². The molecule has 6 rings (SSSR count). The highest BCUT2D eigenvalue weighted by molar-refractivity contribution is 6.00. The van der Waals surface area contributed by atoms with Gasteiger partial charge in [0, 0.05) is 16.9 Å². The minimum atomic E-state index is -0.994. The van der Waals surface area contributed by atoms with Crippen LogP contribution in [0.25, 0.3) is 0 Å². The van der Waals surface area contributed by atoms with Gasteiger partial charge in [-0.15, -0.1) is 0 Å². The summed E-state index contributed by atoms with van der Waals surface area (Å²) in [7, 11) is 1.72. The van der Waals surface area contributed by atoms with E-state index < -0.39 is 5.97 Å². The molecule has 2 amide bonds. The molecule has 4 aliphatic rings. The first-order chi connectivity index (χ1) is 14.9. The molecule has 0 spiro atoms. The Morgan fingerprint density at radius 2 is 1.45 bits per heavy atom. The zero-order chi connectivity index (χ0) is 21.6. The summed E-state index contributed by atoms with van der Waals surface area (Å²) >= 11 is 0. The van der Waals surface area contributed by atoms with E-state index in [2.05, 4.69) is 16.7 Å². The SMILES string of the molecule is COc1ccc(NC(=O)Nc2ccc(C(=O)O)cc2)cc1C12CC3CC(CC(C3)C1)C2. The number of rotatable bonds is 5. The van der Waals surface area contributed by atoms with Crippen molar-refractivity contribution in [2.45, 2.75) is 43.9 Å². The van der Waals surface area contributed by atoms with Gasteiger partial charge in [0.25, 0.3) is 0 Å². The lowest BCUT2D eigenvalue weighted by Crippen LogP contribution is -2.48. The van der Waals surface area contributed by atoms with Gasteiger partial charge in [-0.1, -0.05) is 0 Å². The number of hydrogen-bond donors (Lipinski definition) is 3. The summed E-state index contributed by atoms with van der Waals surface area (Å²) in [6.07, 6.45) is 7.80. The number of hydrogen-bond acceptors (Lipinski definition) is 3. The molecule has 0 aromatic heterocycles. The Morgan fingerprint density at radius 3 is 2.00 bits per heavy atom. The van der Waals surface area contributed by atoms with Crippen LogP contribution in [0.5, 0.6) is 5.75 Å². The molecule has 4 bridgehead atoms. The van der Waals surface area contributed by atoms with Gasteiger partial charge in [-0.05, 0) is 104 Å². The largest absolute Gasteiger partial charge is 0.496 e. The second kappa shape index (κ2) is 7.59. The van der Waals surface area contributed by atoms with Gasteiger partial charge >= 0.3 is 12.0 Å². The molecule has 6 nitrogen and oxygen atoms in total. The highest BCUT2D eigenvalue weighted by Gasteiger charge is 2.52. The monoisotopic (exact) mass is 420 g/mol. The zero-order valence-corrected chi connectivity index (χ0v) is 17.7. The average molecular weight is 421 g/mol. The summed E-state index contributed by atoms with van der Waals surface area (Å²) in [4.78, 5) is 23.5. The van der Waals surface area contributed by atoms with Crippen LogP contribution in [0.4, 0.5) is 16.2 Å². The molecule has 4 saturated carbocycles. The number of carboxylic acids is 1. The third kappa shape index (κ3) is 3.75. The van der Waals surface area contributed by atoms with Gasteiger partial charge in [0.1, 0.15) is 5.75 Å².